The molecule has 2 aromatic rings. The second-order valence-electron chi connectivity index (χ2n) is 7.88. The van der Waals surface area contributed by atoms with Crippen molar-refractivity contribution in [2.24, 2.45) is 10.9 Å². The van der Waals surface area contributed by atoms with E-state index >= 15 is 0 Å². The van der Waals surface area contributed by atoms with Gasteiger partial charge in [-0.3, -0.25) is 4.79 Å². The monoisotopic (exact) mass is 412 g/mol. The molecular weight excluding hydrogens is 380 g/mol. The Morgan fingerprint density at radius 3 is 2.77 bits per heavy atom. The lowest BCUT2D eigenvalue weighted by molar-refractivity contribution is -0.127. The first-order valence-electron chi connectivity index (χ1n) is 10.4. The largest absolute Gasteiger partial charge is 0.381 e. The fourth-order valence-electron chi connectivity index (χ4n) is 3.37. The highest BCUT2D eigenvalue weighted by atomic mass is 16.5. The summed E-state index contributed by atoms with van der Waals surface area (Å²) in [6, 6.07) is 10.2. The highest BCUT2D eigenvalue weighted by molar-refractivity contribution is 5.86. The number of aryl methyl sites for hydroxylation is 2. The lowest BCUT2D eigenvalue weighted by Crippen LogP contribution is -2.44. The predicted octanol–water partition coefficient (Wildman–Crippen LogP) is 1.65. The number of hydrogen-bond acceptors (Lipinski definition) is 4. The maximum Gasteiger partial charge on any atom is 0.241 e. The number of nitrogens with zero attached hydrogens (tertiary/aromatic N) is 4. The first-order chi connectivity index (χ1) is 14.4. The summed E-state index contributed by atoms with van der Waals surface area (Å²) in [4.78, 5) is 18.3. The van der Waals surface area contributed by atoms with E-state index in [9.17, 15) is 4.79 Å². The van der Waals surface area contributed by atoms with E-state index in [-0.39, 0.29) is 12.5 Å². The number of amides is 1. The molecule has 1 amide bonds. The zero-order valence-corrected chi connectivity index (χ0v) is 18.3. The van der Waals surface area contributed by atoms with E-state index in [1.807, 2.05) is 30.7 Å². The summed E-state index contributed by atoms with van der Waals surface area (Å²) in [5, 5.41) is 11.1. The van der Waals surface area contributed by atoms with Crippen LogP contribution < -0.4 is 10.6 Å². The Morgan fingerprint density at radius 1 is 1.30 bits per heavy atom. The van der Waals surface area contributed by atoms with Crippen LogP contribution in [0.1, 0.15) is 23.4 Å². The van der Waals surface area contributed by atoms with Crippen molar-refractivity contribution in [3.63, 3.8) is 0 Å². The van der Waals surface area contributed by atoms with Gasteiger partial charge in [0, 0.05) is 38.9 Å². The maximum absolute atomic E-state index is 12.0. The van der Waals surface area contributed by atoms with Crippen LogP contribution in [0, 0.1) is 19.8 Å². The van der Waals surface area contributed by atoms with Gasteiger partial charge in [0.2, 0.25) is 5.91 Å². The minimum absolute atomic E-state index is 0.00302. The van der Waals surface area contributed by atoms with Gasteiger partial charge in [-0.1, -0.05) is 18.2 Å². The van der Waals surface area contributed by atoms with Gasteiger partial charge in [-0.05, 0) is 38.0 Å². The van der Waals surface area contributed by atoms with E-state index in [0.717, 1.165) is 48.8 Å². The second kappa shape index (κ2) is 10.2. The number of aromatic nitrogens is 2. The summed E-state index contributed by atoms with van der Waals surface area (Å²) in [6.45, 7) is 7.04. The number of ether oxygens (including phenoxy) is 1. The molecule has 0 bridgehead atoms. The topological polar surface area (TPSA) is 83.8 Å². The van der Waals surface area contributed by atoms with Crippen LogP contribution in [0.2, 0.25) is 0 Å². The number of para-hydroxylation sites is 1. The minimum Gasteiger partial charge on any atom is -0.381 e. The highest BCUT2D eigenvalue weighted by Crippen LogP contribution is 2.18. The van der Waals surface area contributed by atoms with Gasteiger partial charge in [-0.2, -0.15) is 5.10 Å². The van der Waals surface area contributed by atoms with Crippen LogP contribution in [0.4, 0.5) is 0 Å². The van der Waals surface area contributed by atoms with Gasteiger partial charge >= 0.3 is 0 Å². The van der Waals surface area contributed by atoms with Gasteiger partial charge in [0.25, 0.3) is 0 Å². The molecule has 1 saturated heterocycles. The van der Waals surface area contributed by atoms with Gasteiger partial charge in [0.15, 0.2) is 5.96 Å². The number of nitrogens with one attached hydrogen (secondary N) is 2. The molecule has 1 aliphatic rings. The van der Waals surface area contributed by atoms with Crippen molar-refractivity contribution in [1.29, 1.82) is 0 Å². The quantitative estimate of drug-likeness (QED) is 0.534. The molecule has 1 aromatic heterocycles. The van der Waals surface area contributed by atoms with Crippen LogP contribution in [-0.4, -0.2) is 66.9 Å². The number of benzene rings is 1. The molecule has 3 rings (SSSR count). The van der Waals surface area contributed by atoms with Gasteiger partial charge < -0.3 is 20.3 Å². The number of rotatable bonds is 7. The van der Waals surface area contributed by atoms with Crippen LogP contribution in [0.5, 0.6) is 0 Å². The molecule has 30 heavy (non-hydrogen) atoms. The summed E-state index contributed by atoms with van der Waals surface area (Å²) >= 11 is 0. The summed E-state index contributed by atoms with van der Waals surface area (Å²) in [5.74, 6) is 1.08. The average Bonchev–Trinajstić information content (AvgIpc) is 3.36. The zero-order valence-electron chi connectivity index (χ0n) is 18.3. The van der Waals surface area contributed by atoms with E-state index in [1.165, 1.54) is 0 Å². The Bertz CT molecular complexity index is 884. The molecule has 2 heterocycles. The van der Waals surface area contributed by atoms with Crippen molar-refractivity contribution in [2.75, 3.05) is 40.4 Å². The zero-order chi connectivity index (χ0) is 21.5. The van der Waals surface area contributed by atoms with Gasteiger partial charge in [-0.25, -0.2) is 9.67 Å². The average molecular weight is 413 g/mol. The summed E-state index contributed by atoms with van der Waals surface area (Å²) in [6.07, 6.45) is 1.04. The number of guanidine groups is 1. The highest BCUT2D eigenvalue weighted by Gasteiger charge is 2.16. The fraction of sp³-hybridized carbons (Fsp3) is 0.500. The van der Waals surface area contributed by atoms with Crippen molar-refractivity contribution in [2.45, 2.75) is 26.8 Å². The van der Waals surface area contributed by atoms with Crippen LogP contribution in [0.3, 0.4) is 0 Å². The van der Waals surface area contributed by atoms with E-state index < -0.39 is 0 Å². The molecule has 1 aromatic carbocycles. The molecule has 0 spiro atoms. The Morgan fingerprint density at radius 2 is 2.10 bits per heavy atom. The Balaban J connectivity index is 1.75. The maximum atomic E-state index is 12.0. The second-order valence-corrected chi connectivity index (χ2v) is 7.88. The lowest BCUT2D eigenvalue weighted by Gasteiger charge is -2.17. The molecule has 1 atom stereocenters. The first kappa shape index (κ1) is 21.8. The molecule has 0 radical (unpaired) electrons. The number of carbonyl (C=O) groups is 1. The minimum atomic E-state index is -0.00302. The van der Waals surface area contributed by atoms with Crippen LogP contribution in [0.15, 0.2) is 35.3 Å². The summed E-state index contributed by atoms with van der Waals surface area (Å²) in [7, 11) is 3.49. The van der Waals surface area contributed by atoms with Crippen molar-refractivity contribution >= 4 is 11.9 Å². The predicted molar refractivity (Wildman–Crippen MR) is 118 cm³/mol. The van der Waals surface area contributed by atoms with Gasteiger partial charge in [0.1, 0.15) is 0 Å². The smallest absolute Gasteiger partial charge is 0.241 e. The molecule has 0 aliphatic carbocycles. The fourth-order valence-corrected chi connectivity index (χ4v) is 3.37. The number of aliphatic imine (C=N–C) groups is 1. The number of carbonyl (C=O) groups excluding carboxylic acids is 1. The Kier molecular flexibility index (Phi) is 7.46. The molecule has 8 nitrogen and oxygen atoms in total. The molecule has 162 valence electrons. The third kappa shape index (κ3) is 5.82. The van der Waals surface area contributed by atoms with E-state index in [0.29, 0.717) is 18.4 Å². The normalized spacial score (nSPS) is 16.5. The number of hydrogen-bond donors (Lipinski definition) is 2. The SMILES string of the molecule is Cc1cc(C)n(-c2ccccc2CN=C(NCC(=O)N(C)C)NCC2CCOC2)n1. The Hall–Kier alpha value is -2.87. The van der Waals surface area contributed by atoms with Crippen LogP contribution in [0.25, 0.3) is 5.69 Å². The molecule has 1 unspecified atom stereocenters. The molecule has 1 aliphatic heterocycles. The standard InChI is InChI=1S/C22H32N6O2/c1-16-11-17(2)28(26-16)20-8-6-5-7-19(20)13-24-22(25-14-21(29)27(3)4)23-12-18-9-10-30-15-18/h5-8,11,18H,9-10,12-15H2,1-4H3,(H2,23,24,25). The van der Waals surface area contributed by atoms with Crippen molar-refractivity contribution in [3.05, 3.63) is 47.3 Å². The van der Waals surface area contributed by atoms with E-state index in [4.69, 9.17) is 9.73 Å². The molecular formula is C22H32N6O2. The molecule has 1 fully saturated rings. The van der Waals surface area contributed by atoms with E-state index in [2.05, 4.69) is 33.9 Å². The molecule has 0 saturated carbocycles. The van der Waals surface area contributed by atoms with Crippen LogP contribution >= 0.6 is 0 Å². The van der Waals surface area contributed by atoms with Crippen molar-refractivity contribution in [1.82, 2.24) is 25.3 Å². The van der Waals surface area contributed by atoms with Crippen LogP contribution in [-0.2, 0) is 16.1 Å². The van der Waals surface area contributed by atoms with Gasteiger partial charge in [0.05, 0.1) is 31.1 Å². The number of likely N-dealkylation sites (N-methyl/N-ethyl adjacent to an activating group) is 1. The summed E-state index contributed by atoms with van der Waals surface area (Å²) in [5.41, 5.74) is 4.14. The summed E-state index contributed by atoms with van der Waals surface area (Å²) < 4.78 is 7.41. The first-order valence-corrected chi connectivity index (χ1v) is 10.4. The van der Waals surface area contributed by atoms with E-state index in [1.54, 1.807) is 19.0 Å². The molecule has 2 N–H and O–H groups in total. The van der Waals surface area contributed by atoms with Gasteiger partial charge in [-0.15, -0.1) is 0 Å². The molecule has 8 heteroatoms. The third-order valence-corrected chi connectivity index (χ3v) is 5.12. The Labute approximate surface area is 178 Å². The van der Waals surface area contributed by atoms with Crippen molar-refractivity contribution < 1.29 is 9.53 Å². The third-order valence-electron chi connectivity index (χ3n) is 5.12. The van der Waals surface area contributed by atoms with Crippen molar-refractivity contribution in [3.8, 4) is 5.69 Å². The lowest BCUT2D eigenvalue weighted by atomic mass is 10.1.